The first kappa shape index (κ1) is 9.70. The summed E-state index contributed by atoms with van der Waals surface area (Å²) in [6.07, 6.45) is 4.57. The zero-order chi connectivity index (χ0) is 7.98. The molecule has 0 aliphatic rings. The Balaban J connectivity index is 3.51. The smallest absolute Gasteiger partial charge is 0.0754 e. The largest absolute Gasteiger partial charge is 0.371 e. The van der Waals surface area contributed by atoms with Crippen LogP contribution in [-0.2, 0) is 4.74 Å². The predicted octanol–water partition coefficient (Wildman–Crippen LogP) is 2.77. The lowest BCUT2D eigenvalue weighted by Gasteiger charge is -2.16. The highest BCUT2D eigenvalue weighted by molar-refractivity contribution is 4.78. The van der Waals surface area contributed by atoms with Crippen molar-refractivity contribution in [3.8, 4) is 0 Å². The summed E-state index contributed by atoms with van der Waals surface area (Å²) in [5.41, 5.74) is 0. The zero-order valence-corrected chi connectivity index (χ0v) is 7.26. The fourth-order valence-corrected chi connectivity index (χ4v) is 0.713. The first-order valence-corrected chi connectivity index (χ1v) is 4.02. The summed E-state index contributed by atoms with van der Waals surface area (Å²) in [5.74, 6) is 0. The van der Waals surface area contributed by atoms with Crippen LogP contribution in [0, 0.1) is 0 Å². The van der Waals surface area contributed by atoms with Crippen LogP contribution in [0.15, 0.2) is 12.7 Å². The molecule has 0 saturated heterocycles. The van der Waals surface area contributed by atoms with E-state index in [-0.39, 0.29) is 6.10 Å². The van der Waals surface area contributed by atoms with Crippen LogP contribution >= 0.6 is 0 Å². The Hall–Kier alpha value is -0.300. The topological polar surface area (TPSA) is 9.23 Å². The third kappa shape index (κ3) is 3.67. The maximum absolute atomic E-state index is 5.58. The van der Waals surface area contributed by atoms with Crippen LogP contribution < -0.4 is 0 Å². The minimum absolute atomic E-state index is 0.245. The molecule has 0 radical (unpaired) electrons. The van der Waals surface area contributed by atoms with Gasteiger partial charge in [0.2, 0.25) is 0 Å². The molecule has 0 aromatic rings. The van der Waals surface area contributed by atoms with E-state index in [1.54, 1.807) is 0 Å². The van der Waals surface area contributed by atoms with E-state index in [1.165, 1.54) is 0 Å². The standard InChI is InChI=1S/C9H18O/c1-5-8(4)10-9(6-2)7-3/h6,8-9H,2,5,7H2,1,3-4H3. The zero-order valence-electron chi connectivity index (χ0n) is 7.26. The molecule has 0 heterocycles. The van der Waals surface area contributed by atoms with Gasteiger partial charge in [-0.15, -0.1) is 6.58 Å². The molecule has 0 aromatic carbocycles. The lowest BCUT2D eigenvalue weighted by Crippen LogP contribution is -2.15. The predicted molar refractivity (Wildman–Crippen MR) is 45.1 cm³/mol. The van der Waals surface area contributed by atoms with E-state index in [4.69, 9.17) is 4.74 Å². The number of hydrogen-bond donors (Lipinski definition) is 0. The molecule has 0 fully saturated rings. The molecule has 2 unspecified atom stereocenters. The minimum Gasteiger partial charge on any atom is -0.371 e. The molecule has 0 rings (SSSR count). The fraction of sp³-hybridized carbons (Fsp3) is 0.778. The SMILES string of the molecule is C=CC(CC)OC(C)CC. The Labute approximate surface area is 64.1 Å². The van der Waals surface area contributed by atoms with Gasteiger partial charge in [-0.05, 0) is 19.8 Å². The molecular formula is C9H18O. The second kappa shape index (κ2) is 5.48. The molecule has 10 heavy (non-hydrogen) atoms. The van der Waals surface area contributed by atoms with Gasteiger partial charge in [0.25, 0.3) is 0 Å². The van der Waals surface area contributed by atoms with Crippen LogP contribution in [0.1, 0.15) is 33.6 Å². The Morgan fingerprint density at radius 1 is 1.40 bits per heavy atom. The summed E-state index contributed by atoms with van der Waals surface area (Å²) in [7, 11) is 0. The van der Waals surface area contributed by atoms with Crippen LogP contribution in [0.2, 0.25) is 0 Å². The van der Waals surface area contributed by atoms with Crippen molar-refractivity contribution in [2.45, 2.75) is 45.8 Å². The van der Waals surface area contributed by atoms with Crippen molar-refractivity contribution in [2.75, 3.05) is 0 Å². The van der Waals surface area contributed by atoms with Gasteiger partial charge in [0, 0.05) is 0 Å². The van der Waals surface area contributed by atoms with E-state index < -0.39 is 0 Å². The third-order valence-corrected chi connectivity index (χ3v) is 1.65. The normalized spacial score (nSPS) is 16.3. The van der Waals surface area contributed by atoms with E-state index >= 15 is 0 Å². The first-order chi connectivity index (χ1) is 4.74. The van der Waals surface area contributed by atoms with E-state index in [1.807, 2.05) is 6.08 Å². The van der Waals surface area contributed by atoms with Gasteiger partial charge >= 0.3 is 0 Å². The van der Waals surface area contributed by atoms with Gasteiger partial charge < -0.3 is 4.74 Å². The second-order valence-electron chi connectivity index (χ2n) is 2.54. The summed E-state index contributed by atoms with van der Waals surface area (Å²) in [6.45, 7) is 10.0. The highest BCUT2D eigenvalue weighted by Gasteiger charge is 2.04. The van der Waals surface area contributed by atoms with Crippen molar-refractivity contribution >= 4 is 0 Å². The summed E-state index contributed by atoms with van der Waals surface area (Å²) >= 11 is 0. The van der Waals surface area contributed by atoms with Gasteiger partial charge in [-0.25, -0.2) is 0 Å². The first-order valence-electron chi connectivity index (χ1n) is 4.02. The average molecular weight is 142 g/mol. The molecule has 0 spiro atoms. The van der Waals surface area contributed by atoms with Gasteiger partial charge in [-0.3, -0.25) is 0 Å². The monoisotopic (exact) mass is 142 g/mol. The average Bonchev–Trinajstić information content (AvgIpc) is 1.99. The summed E-state index contributed by atoms with van der Waals surface area (Å²) in [6, 6.07) is 0. The highest BCUT2D eigenvalue weighted by Crippen LogP contribution is 2.05. The van der Waals surface area contributed by atoms with Crippen molar-refractivity contribution in [3.05, 3.63) is 12.7 Å². The van der Waals surface area contributed by atoms with Crippen LogP contribution in [0.25, 0.3) is 0 Å². The van der Waals surface area contributed by atoms with Gasteiger partial charge in [0.15, 0.2) is 0 Å². The number of ether oxygens (including phenoxy) is 1. The molecular weight excluding hydrogens is 124 g/mol. The van der Waals surface area contributed by atoms with Crippen molar-refractivity contribution in [1.82, 2.24) is 0 Å². The molecule has 0 saturated carbocycles. The summed E-state index contributed by atoms with van der Waals surface area (Å²) in [5, 5.41) is 0. The Morgan fingerprint density at radius 2 is 2.00 bits per heavy atom. The van der Waals surface area contributed by atoms with E-state index in [0.717, 1.165) is 12.8 Å². The molecule has 0 amide bonds. The number of rotatable bonds is 5. The molecule has 0 aliphatic heterocycles. The maximum atomic E-state index is 5.58. The van der Waals surface area contributed by atoms with E-state index in [0.29, 0.717) is 6.10 Å². The van der Waals surface area contributed by atoms with Gasteiger partial charge in [-0.1, -0.05) is 19.9 Å². The molecule has 1 heteroatoms. The fourth-order valence-electron chi connectivity index (χ4n) is 0.713. The van der Waals surface area contributed by atoms with Gasteiger partial charge in [0.05, 0.1) is 12.2 Å². The van der Waals surface area contributed by atoms with Gasteiger partial charge in [-0.2, -0.15) is 0 Å². The molecule has 0 N–H and O–H groups in total. The maximum Gasteiger partial charge on any atom is 0.0754 e. The Morgan fingerprint density at radius 3 is 2.30 bits per heavy atom. The highest BCUT2D eigenvalue weighted by atomic mass is 16.5. The van der Waals surface area contributed by atoms with Crippen LogP contribution in [-0.4, -0.2) is 12.2 Å². The number of hydrogen-bond acceptors (Lipinski definition) is 1. The molecule has 0 bridgehead atoms. The van der Waals surface area contributed by atoms with Gasteiger partial charge in [0.1, 0.15) is 0 Å². The quantitative estimate of drug-likeness (QED) is 0.536. The summed E-state index contributed by atoms with van der Waals surface area (Å²) < 4.78 is 5.58. The molecule has 2 atom stereocenters. The Bertz CT molecular complexity index is 88.7. The molecule has 0 aliphatic carbocycles. The van der Waals surface area contributed by atoms with Crippen molar-refractivity contribution in [1.29, 1.82) is 0 Å². The van der Waals surface area contributed by atoms with Crippen molar-refractivity contribution in [2.24, 2.45) is 0 Å². The van der Waals surface area contributed by atoms with E-state index in [2.05, 4.69) is 27.4 Å². The second-order valence-corrected chi connectivity index (χ2v) is 2.54. The Kier molecular flexibility index (Phi) is 5.32. The molecule has 0 aromatic heterocycles. The van der Waals surface area contributed by atoms with Crippen LogP contribution in [0.4, 0.5) is 0 Å². The lowest BCUT2D eigenvalue weighted by molar-refractivity contribution is 0.0211. The third-order valence-electron chi connectivity index (χ3n) is 1.65. The van der Waals surface area contributed by atoms with E-state index in [9.17, 15) is 0 Å². The summed E-state index contributed by atoms with van der Waals surface area (Å²) in [4.78, 5) is 0. The van der Waals surface area contributed by atoms with Crippen molar-refractivity contribution < 1.29 is 4.74 Å². The van der Waals surface area contributed by atoms with Crippen LogP contribution in [0.5, 0.6) is 0 Å². The van der Waals surface area contributed by atoms with Crippen LogP contribution in [0.3, 0.4) is 0 Å². The minimum atomic E-state index is 0.245. The van der Waals surface area contributed by atoms with Crippen molar-refractivity contribution in [3.63, 3.8) is 0 Å². The lowest BCUT2D eigenvalue weighted by atomic mass is 10.2. The molecule has 60 valence electrons. The molecule has 1 nitrogen and oxygen atoms in total.